The van der Waals surface area contributed by atoms with E-state index in [0.717, 1.165) is 0 Å². The van der Waals surface area contributed by atoms with Crippen LogP contribution in [0.25, 0.3) is 0 Å². The number of hydrogen-bond donors (Lipinski definition) is 1. The molecule has 2 rings (SSSR count). The van der Waals surface area contributed by atoms with E-state index >= 15 is 0 Å². The summed E-state index contributed by atoms with van der Waals surface area (Å²) in [4.78, 5) is 61.7. The molecule has 0 bridgehead atoms. The SMILES string of the molecule is CCCC(=O)C1C(=O)CC(C(N)=O)(N2CCCC2=O)CC1=O. The minimum Gasteiger partial charge on any atom is -0.368 e. The number of carbonyl (C=O) groups is 5. The predicted molar refractivity (Wildman–Crippen MR) is 75.5 cm³/mol. The van der Waals surface area contributed by atoms with Crippen LogP contribution >= 0.6 is 0 Å². The fourth-order valence-electron chi connectivity index (χ4n) is 3.37. The van der Waals surface area contributed by atoms with Gasteiger partial charge in [0.15, 0.2) is 17.3 Å². The molecular weight excluding hydrogens is 288 g/mol. The topological polar surface area (TPSA) is 115 Å². The van der Waals surface area contributed by atoms with Gasteiger partial charge in [-0.25, -0.2) is 0 Å². The summed E-state index contributed by atoms with van der Waals surface area (Å²) in [5.74, 6) is -4.06. The molecule has 0 unspecified atom stereocenters. The van der Waals surface area contributed by atoms with E-state index in [0.29, 0.717) is 19.4 Å². The van der Waals surface area contributed by atoms with E-state index in [1.807, 2.05) is 0 Å². The van der Waals surface area contributed by atoms with Crippen molar-refractivity contribution in [1.82, 2.24) is 4.90 Å². The molecular formula is C15H20N2O5. The molecule has 0 aromatic heterocycles. The number of Topliss-reactive ketones (excluding diaryl/α,β-unsaturated/α-hetero) is 3. The molecule has 1 heterocycles. The monoisotopic (exact) mass is 308 g/mol. The van der Waals surface area contributed by atoms with Gasteiger partial charge < -0.3 is 10.6 Å². The zero-order valence-corrected chi connectivity index (χ0v) is 12.6. The zero-order valence-electron chi connectivity index (χ0n) is 12.6. The van der Waals surface area contributed by atoms with E-state index in [1.54, 1.807) is 6.92 Å². The van der Waals surface area contributed by atoms with Crippen LogP contribution < -0.4 is 5.73 Å². The first-order valence-corrected chi connectivity index (χ1v) is 7.52. The minimum atomic E-state index is -1.59. The van der Waals surface area contributed by atoms with Crippen LogP contribution in [0.2, 0.25) is 0 Å². The Morgan fingerprint density at radius 2 is 1.82 bits per heavy atom. The molecule has 7 heteroatoms. The van der Waals surface area contributed by atoms with Gasteiger partial charge in [-0.05, 0) is 12.8 Å². The molecule has 0 aromatic rings. The summed E-state index contributed by atoms with van der Waals surface area (Å²) < 4.78 is 0. The maximum absolute atomic E-state index is 12.3. The molecule has 0 aromatic carbocycles. The molecule has 2 amide bonds. The van der Waals surface area contributed by atoms with Crippen molar-refractivity contribution in [2.75, 3.05) is 6.54 Å². The van der Waals surface area contributed by atoms with Gasteiger partial charge in [0.25, 0.3) is 0 Å². The third-order valence-corrected chi connectivity index (χ3v) is 4.44. The number of nitrogens with two attached hydrogens (primary N) is 1. The Hall–Kier alpha value is -2.05. The lowest BCUT2D eigenvalue weighted by Crippen LogP contribution is -2.64. The van der Waals surface area contributed by atoms with Crippen LogP contribution in [0.1, 0.15) is 45.4 Å². The van der Waals surface area contributed by atoms with E-state index in [-0.39, 0.29) is 31.6 Å². The van der Waals surface area contributed by atoms with Crippen molar-refractivity contribution >= 4 is 29.2 Å². The van der Waals surface area contributed by atoms with Crippen LogP contribution in [0.15, 0.2) is 0 Å². The molecule has 120 valence electrons. The Morgan fingerprint density at radius 1 is 1.23 bits per heavy atom. The third kappa shape index (κ3) is 2.55. The Labute approximate surface area is 128 Å². The second kappa shape index (κ2) is 5.98. The van der Waals surface area contributed by atoms with Gasteiger partial charge in [0.1, 0.15) is 11.5 Å². The van der Waals surface area contributed by atoms with Crippen LogP contribution in [-0.4, -0.2) is 46.1 Å². The van der Waals surface area contributed by atoms with E-state index in [4.69, 9.17) is 5.73 Å². The second-order valence-corrected chi connectivity index (χ2v) is 5.98. The molecule has 1 aliphatic carbocycles. The first-order chi connectivity index (χ1) is 10.3. The first kappa shape index (κ1) is 16.3. The highest BCUT2D eigenvalue weighted by Gasteiger charge is 2.55. The number of likely N-dealkylation sites (tertiary alicyclic amines) is 1. The summed E-state index contributed by atoms with van der Waals surface area (Å²) in [6, 6.07) is 0. The highest BCUT2D eigenvalue weighted by atomic mass is 16.2. The number of nitrogens with zero attached hydrogens (tertiary/aromatic N) is 1. The van der Waals surface area contributed by atoms with E-state index < -0.39 is 34.7 Å². The molecule has 7 nitrogen and oxygen atoms in total. The van der Waals surface area contributed by atoms with Gasteiger partial charge in [0.2, 0.25) is 11.8 Å². The van der Waals surface area contributed by atoms with Gasteiger partial charge in [-0.15, -0.1) is 0 Å². The molecule has 2 fully saturated rings. The Bertz CT molecular complexity index is 536. The lowest BCUT2D eigenvalue weighted by Gasteiger charge is -2.42. The second-order valence-electron chi connectivity index (χ2n) is 5.98. The van der Waals surface area contributed by atoms with Gasteiger partial charge in [-0.3, -0.25) is 24.0 Å². The van der Waals surface area contributed by atoms with Gasteiger partial charge in [-0.1, -0.05) is 6.92 Å². The van der Waals surface area contributed by atoms with E-state index in [9.17, 15) is 24.0 Å². The maximum Gasteiger partial charge on any atom is 0.244 e. The van der Waals surface area contributed by atoms with Crippen molar-refractivity contribution in [2.24, 2.45) is 11.7 Å². The van der Waals surface area contributed by atoms with Crippen molar-refractivity contribution < 1.29 is 24.0 Å². The quantitative estimate of drug-likeness (QED) is 0.703. The van der Waals surface area contributed by atoms with Crippen LogP contribution in [0.5, 0.6) is 0 Å². The van der Waals surface area contributed by atoms with Crippen molar-refractivity contribution in [3.05, 3.63) is 0 Å². The number of rotatable bonds is 5. The summed E-state index contributed by atoms with van der Waals surface area (Å²) in [7, 11) is 0. The Kier molecular flexibility index (Phi) is 4.44. The lowest BCUT2D eigenvalue weighted by atomic mass is 9.71. The van der Waals surface area contributed by atoms with Crippen LogP contribution in [0.4, 0.5) is 0 Å². The first-order valence-electron chi connectivity index (χ1n) is 7.52. The molecule has 0 radical (unpaired) electrons. The zero-order chi connectivity index (χ0) is 16.5. The average Bonchev–Trinajstić information content (AvgIpc) is 2.84. The largest absolute Gasteiger partial charge is 0.368 e. The van der Waals surface area contributed by atoms with Gasteiger partial charge >= 0.3 is 0 Å². The molecule has 1 saturated carbocycles. The number of ketones is 3. The molecule has 22 heavy (non-hydrogen) atoms. The minimum absolute atomic E-state index is 0.147. The van der Waals surface area contributed by atoms with Gasteiger partial charge in [-0.2, -0.15) is 0 Å². The number of carbonyl (C=O) groups excluding carboxylic acids is 5. The van der Waals surface area contributed by atoms with Crippen LogP contribution in [-0.2, 0) is 24.0 Å². The Balaban J connectivity index is 2.32. The maximum atomic E-state index is 12.3. The summed E-state index contributed by atoms with van der Waals surface area (Å²) in [6.45, 7) is 2.09. The van der Waals surface area contributed by atoms with Crippen molar-refractivity contribution in [2.45, 2.75) is 51.0 Å². The lowest BCUT2D eigenvalue weighted by molar-refractivity contribution is -0.155. The van der Waals surface area contributed by atoms with Crippen molar-refractivity contribution in [3.8, 4) is 0 Å². The summed E-state index contributed by atoms with van der Waals surface area (Å²) in [6.07, 6.45) is 0.833. The van der Waals surface area contributed by atoms with Gasteiger partial charge in [0, 0.05) is 32.2 Å². The van der Waals surface area contributed by atoms with Crippen LogP contribution in [0, 0.1) is 5.92 Å². The molecule has 2 N–H and O–H groups in total. The predicted octanol–water partition coefficient (Wildman–Crippen LogP) is -0.250. The van der Waals surface area contributed by atoms with Crippen LogP contribution in [0.3, 0.4) is 0 Å². The van der Waals surface area contributed by atoms with Crippen molar-refractivity contribution in [1.29, 1.82) is 0 Å². The summed E-state index contributed by atoms with van der Waals surface area (Å²) >= 11 is 0. The highest BCUT2D eigenvalue weighted by Crippen LogP contribution is 2.36. The van der Waals surface area contributed by atoms with Gasteiger partial charge in [0.05, 0.1) is 0 Å². The average molecular weight is 308 g/mol. The highest BCUT2D eigenvalue weighted by molar-refractivity contribution is 6.23. The number of primary amides is 1. The van der Waals surface area contributed by atoms with E-state index in [2.05, 4.69) is 0 Å². The number of amides is 2. The van der Waals surface area contributed by atoms with Crippen molar-refractivity contribution in [3.63, 3.8) is 0 Å². The fraction of sp³-hybridized carbons (Fsp3) is 0.667. The summed E-state index contributed by atoms with van der Waals surface area (Å²) in [5, 5.41) is 0. The smallest absolute Gasteiger partial charge is 0.244 e. The molecule has 1 saturated heterocycles. The third-order valence-electron chi connectivity index (χ3n) is 4.44. The number of hydrogen-bond acceptors (Lipinski definition) is 5. The normalized spacial score (nSPS) is 29.0. The molecule has 1 aliphatic heterocycles. The summed E-state index contributed by atoms with van der Waals surface area (Å²) in [5.41, 5.74) is 3.83. The standard InChI is InChI=1S/C15H20N2O5/c1-2-4-9(18)13-10(19)7-15(14(16)22,8-11(13)20)17-6-3-5-12(17)21/h13H,2-8H2,1H3,(H2,16,22). The molecule has 0 atom stereocenters. The Morgan fingerprint density at radius 3 is 2.23 bits per heavy atom. The molecule has 2 aliphatic rings. The fourth-order valence-corrected chi connectivity index (χ4v) is 3.37. The molecule has 0 spiro atoms. The van der Waals surface area contributed by atoms with E-state index in [1.165, 1.54) is 4.90 Å².